The minimum atomic E-state index is -3.65. The number of benzene rings is 2. The number of nitrogens with one attached hydrogen (secondary N) is 2. The standard InChI is InChI=1S/C28H38N2O8S/c1-5-8-20-23(9-6-10-24(20)38-18-26(31)30-39(4,33)34)36-15-7-16-37-25-14-13-21(28(32)29-2)27(35-3)22(25)17-19-11-12-19/h6,9-10,13-14,19H,5,7-8,11-12,15-18H2,1-4H3,(H,29,32)(H,30,31). The molecular formula is C28H38N2O8S. The van der Waals surface area contributed by atoms with E-state index in [0.717, 1.165) is 43.1 Å². The van der Waals surface area contributed by atoms with Gasteiger partial charge in [0, 0.05) is 24.6 Å². The first kappa shape index (κ1) is 30.1. The maximum absolute atomic E-state index is 12.3. The Hall–Kier alpha value is -3.47. The fourth-order valence-electron chi connectivity index (χ4n) is 4.21. The van der Waals surface area contributed by atoms with Gasteiger partial charge in [-0.15, -0.1) is 0 Å². The molecule has 10 nitrogen and oxygen atoms in total. The summed E-state index contributed by atoms with van der Waals surface area (Å²) in [6.45, 7) is 2.39. The summed E-state index contributed by atoms with van der Waals surface area (Å²) < 4.78 is 47.8. The van der Waals surface area contributed by atoms with Gasteiger partial charge in [-0.1, -0.05) is 19.4 Å². The Morgan fingerprint density at radius 2 is 1.62 bits per heavy atom. The summed E-state index contributed by atoms with van der Waals surface area (Å²) in [6.07, 6.45) is 6.13. The molecule has 0 spiro atoms. The Kier molecular flexibility index (Phi) is 10.8. The first-order valence-electron chi connectivity index (χ1n) is 13.1. The molecule has 0 aromatic heterocycles. The van der Waals surface area contributed by atoms with Crippen LogP contribution in [0.4, 0.5) is 0 Å². The SMILES string of the molecule is CCCc1c(OCCCOc2ccc(C(=O)NC)c(OC)c2CC2CC2)cccc1OCC(=O)NS(C)(=O)=O. The van der Waals surface area contributed by atoms with Gasteiger partial charge in [-0.25, -0.2) is 8.42 Å². The zero-order chi connectivity index (χ0) is 28.4. The van der Waals surface area contributed by atoms with Gasteiger partial charge in [0.15, 0.2) is 6.61 Å². The summed E-state index contributed by atoms with van der Waals surface area (Å²) in [5, 5.41) is 2.66. The van der Waals surface area contributed by atoms with Gasteiger partial charge < -0.3 is 24.3 Å². The van der Waals surface area contributed by atoms with E-state index in [-0.39, 0.29) is 5.91 Å². The molecule has 0 unspecified atom stereocenters. The highest BCUT2D eigenvalue weighted by Crippen LogP contribution is 2.41. The van der Waals surface area contributed by atoms with E-state index in [1.165, 1.54) is 0 Å². The van der Waals surface area contributed by atoms with Crippen LogP contribution >= 0.6 is 0 Å². The molecule has 0 saturated heterocycles. The van der Waals surface area contributed by atoms with Gasteiger partial charge in [-0.05, 0) is 55.9 Å². The summed E-state index contributed by atoms with van der Waals surface area (Å²) in [5.41, 5.74) is 2.22. The molecule has 2 aromatic carbocycles. The third-order valence-corrected chi connectivity index (χ3v) is 6.73. The Balaban J connectivity index is 1.61. The minimum absolute atomic E-state index is 0.200. The van der Waals surface area contributed by atoms with Crippen molar-refractivity contribution in [3.63, 3.8) is 0 Å². The minimum Gasteiger partial charge on any atom is -0.495 e. The number of carbonyl (C=O) groups excluding carboxylic acids is 2. The number of ether oxygens (including phenoxy) is 4. The molecule has 2 aromatic rings. The summed E-state index contributed by atoms with van der Waals surface area (Å²) in [5.74, 6) is 2.01. The molecule has 1 saturated carbocycles. The van der Waals surface area contributed by atoms with E-state index in [0.29, 0.717) is 60.5 Å². The van der Waals surface area contributed by atoms with Crippen LogP contribution in [0.3, 0.4) is 0 Å². The largest absolute Gasteiger partial charge is 0.495 e. The van der Waals surface area contributed by atoms with E-state index in [4.69, 9.17) is 18.9 Å². The maximum Gasteiger partial charge on any atom is 0.271 e. The van der Waals surface area contributed by atoms with Crippen LogP contribution in [0.1, 0.15) is 54.1 Å². The number of rotatable bonds is 16. The topological polar surface area (TPSA) is 129 Å². The van der Waals surface area contributed by atoms with E-state index >= 15 is 0 Å². The second kappa shape index (κ2) is 14.1. The summed E-state index contributed by atoms with van der Waals surface area (Å²) in [7, 11) is -0.489. The van der Waals surface area contributed by atoms with Crippen LogP contribution in [0.2, 0.25) is 0 Å². The maximum atomic E-state index is 12.3. The molecule has 0 atom stereocenters. The Morgan fingerprint density at radius 3 is 2.18 bits per heavy atom. The number of hydrogen-bond donors (Lipinski definition) is 2. The highest BCUT2D eigenvalue weighted by atomic mass is 32.2. The van der Waals surface area contributed by atoms with Crippen molar-refractivity contribution in [2.75, 3.05) is 40.2 Å². The van der Waals surface area contributed by atoms with Crippen LogP contribution < -0.4 is 29.0 Å². The predicted octanol–water partition coefficient (Wildman–Crippen LogP) is 3.26. The van der Waals surface area contributed by atoms with Gasteiger partial charge in [0.25, 0.3) is 11.8 Å². The van der Waals surface area contributed by atoms with Crippen molar-refractivity contribution in [1.82, 2.24) is 10.0 Å². The Bertz CT molecular complexity index is 1260. The Morgan fingerprint density at radius 1 is 0.974 bits per heavy atom. The van der Waals surface area contributed by atoms with Gasteiger partial charge in [-0.3, -0.25) is 14.3 Å². The molecule has 0 bridgehead atoms. The van der Waals surface area contributed by atoms with Crippen molar-refractivity contribution in [3.8, 4) is 23.0 Å². The first-order chi connectivity index (χ1) is 18.7. The molecule has 2 amide bonds. The van der Waals surface area contributed by atoms with Gasteiger partial charge >= 0.3 is 0 Å². The first-order valence-corrected chi connectivity index (χ1v) is 15.0. The molecule has 0 radical (unpaired) electrons. The highest BCUT2D eigenvalue weighted by molar-refractivity contribution is 7.89. The third kappa shape index (κ3) is 9.05. The zero-order valence-electron chi connectivity index (χ0n) is 23.0. The molecule has 1 aliphatic carbocycles. The molecule has 2 N–H and O–H groups in total. The van der Waals surface area contributed by atoms with Gasteiger partial charge in [-0.2, -0.15) is 0 Å². The van der Waals surface area contributed by atoms with Crippen molar-refractivity contribution in [3.05, 3.63) is 47.0 Å². The number of amides is 2. The molecule has 0 aliphatic heterocycles. The monoisotopic (exact) mass is 562 g/mol. The van der Waals surface area contributed by atoms with Crippen molar-refractivity contribution in [2.45, 2.75) is 45.4 Å². The van der Waals surface area contributed by atoms with Gasteiger partial charge in [0.05, 0.1) is 32.1 Å². The second-order valence-electron chi connectivity index (χ2n) is 9.47. The lowest BCUT2D eigenvalue weighted by atomic mass is 10.0. The van der Waals surface area contributed by atoms with E-state index in [9.17, 15) is 18.0 Å². The van der Waals surface area contributed by atoms with Crippen molar-refractivity contribution >= 4 is 21.8 Å². The molecule has 1 aliphatic rings. The summed E-state index contributed by atoms with van der Waals surface area (Å²) in [4.78, 5) is 24.2. The van der Waals surface area contributed by atoms with Crippen molar-refractivity contribution in [1.29, 1.82) is 0 Å². The number of carbonyl (C=O) groups is 2. The van der Waals surface area contributed by atoms with Gasteiger partial charge in [0.1, 0.15) is 23.0 Å². The lowest BCUT2D eigenvalue weighted by Gasteiger charge is -2.18. The normalized spacial score (nSPS) is 12.9. The van der Waals surface area contributed by atoms with E-state index in [1.807, 2.05) is 23.8 Å². The van der Waals surface area contributed by atoms with Crippen LogP contribution in [-0.4, -0.2) is 60.5 Å². The average Bonchev–Trinajstić information content (AvgIpc) is 3.71. The molecule has 39 heavy (non-hydrogen) atoms. The van der Waals surface area contributed by atoms with Crippen LogP contribution in [0, 0.1) is 5.92 Å². The van der Waals surface area contributed by atoms with Gasteiger partial charge in [0.2, 0.25) is 10.0 Å². The zero-order valence-corrected chi connectivity index (χ0v) is 23.8. The van der Waals surface area contributed by atoms with E-state index in [1.54, 1.807) is 32.4 Å². The fourth-order valence-corrected chi connectivity index (χ4v) is 4.68. The predicted molar refractivity (Wildman–Crippen MR) is 147 cm³/mol. The lowest BCUT2D eigenvalue weighted by molar-refractivity contribution is -0.121. The summed E-state index contributed by atoms with van der Waals surface area (Å²) in [6, 6.07) is 8.88. The molecule has 11 heteroatoms. The fraction of sp³-hybridized carbons (Fsp3) is 0.500. The smallest absolute Gasteiger partial charge is 0.271 e. The molecule has 3 rings (SSSR count). The number of hydrogen-bond acceptors (Lipinski definition) is 8. The number of sulfonamides is 1. The quantitative estimate of drug-likeness (QED) is 0.298. The Labute approximate surface area is 230 Å². The summed E-state index contributed by atoms with van der Waals surface area (Å²) >= 11 is 0. The molecule has 0 heterocycles. The molecule has 214 valence electrons. The lowest BCUT2D eigenvalue weighted by Crippen LogP contribution is -2.33. The van der Waals surface area contributed by atoms with E-state index in [2.05, 4.69) is 5.32 Å². The van der Waals surface area contributed by atoms with Crippen LogP contribution in [0.15, 0.2) is 30.3 Å². The van der Waals surface area contributed by atoms with Crippen molar-refractivity contribution in [2.24, 2.45) is 5.92 Å². The molecule has 1 fully saturated rings. The second-order valence-corrected chi connectivity index (χ2v) is 11.2. The van der Waals surface area contributed by atoms with Crippen LogP contribution in [0.25, 0.3) is 0 Å². The highest BCUT2D eigenvalue weighted by Gasteiger charge is 2.27. The molecular weight excluding hydrogens is 524 g/mol. The van der Waals surface area contributed by atoms with Crippen LogP contribution in [-0.2, 0) is 27.7 Å². The number of methoxy groups -OCH3 is 1. The van der Waals surface area contributed by atoms with Crippen molar-refractivity contribution < 1.29 is 37.0 Å². The average molecular weight is 563 g/mol. The van der Waals surface area contributed by atoms with Crippen LogP contribution in [0.5, 0.6) is 23.0 Å². The van der Waals surface area contributed by atoms with E-state index < -0.39 is 22.5 Å². The third-order valence-electron chi connectivity index (χ3n) is 6.13.